The summed E-state index contributed by atoms with van der Waals surface area (Å²) in [5.41, 5.74) is 0. The molecule has 1 aliphatic heterocycles. The molecule has 0 aliphatic carbocycles. The molecule has 0 atom stereocenters. The van der Waals surface area contributed by atoms with Gasteiger partial charge in [-0.2, -0.15) is 0 Å². The van der Waals surface area contributed by atoms with E-state index >= 15 is 0 Å². The van der Waals surface area contributed by atoms with Gasteiger partial charge in [-0.1, -0.05) is 18.6 Å². The maximum Gasteiger partial charge on any atom is 0.573 e. The number of para-hydroxylation sites is 1. The van der Waals surface area contributed by atoms with Crippen LogP contribution in [0.3, 0.4) is 0 Å². The molecule has 23 heavy (non-hydrogen) atoms. The van der Waals surface area contributed by atoms with Gasteiger partial charge in [0.2, 0.25) is 10.0 Å². The van der Waals surface area contributed by atoms with E-state index in [2.05, 4.69) is 14.4 Å². The zero-order chi connectivity index (χ0) is 16.9. The van der Waals surface area contributed by atoms with Crippen LogP contribution in [0, 0.1) is 0 Å². The normalized spacial score (nSPS) is 17.2. The summed E-state index contributed by atoms with van der Waals surface area (Å²) in [7, 11) is -4.07. The van der Waals surface area contributed by atoms with Crippen LogP contribution in [0.25, 0.3) is 0 Å². The minimum absolute atomic E-state index is 0.142. The van der Waals surface area contributed by atoms with E-state index in [1.807, 2.05) is 0 Å². The van der Waals surface area contributed by atoms with Gasteiger partial charge >= 0.3 is 6.36 Å². The zero-order valence-electron chi connectivity index (χ0n) is 12.5. The Bertz CT molecular complexity index is 614. The molecule has 0 aromatic heterocycles. The van der Waals surface area contributed by atoms with Crippen molar-refractivity contribution in [1.29, 1.82) is 0 Å². The number of ether oxygens (including phenoxy) is 1. The molecule has 0 amide bonds. The van der Waals surface area contributed by atoms with Gasteiger partial charge in [-0.25, -0.2) is 13.1 Å². The van der Waals surface area contributed by atoms with Crippen LogP contribution < -0.4 is 9.46 Å². The third kappa shape index (κ3) is 5.67. The van der Waals surface area contributed by atoms with Crippen LogP contribution in [0.1, 0.15) is 19.3 Å². The molecule has 0 unspecified atom stereocenters. The van der Waals surface area contributed by atoms with E-state index in [-0.39, 0.29) is 6.54 Å². The second kappa shape index (κ2) is 7.50. The lowest BCUT2D eigenvalue weighted by Crippen LogP contribution is -2.37. The molecule has 0 saturated carbocycles. The monoisotopic (exact) mass is 352 g/mol. The molecule has 5 nitrogen and oxygen atoms in total. The van der Waals surface area contributed by atoms with Crippen molar-refractivity contribution < 1.29 is 26.3 Å². The molecule has 1 N–H and O–H groups in total. The number of alkyl halides is 3. The van der Waals surface area contributed by atoms with Gasteiger partial charge in [0.1, 0.15) is 10.6 Å². The number of nitrogens with one attached hydrogen (secondary N) is 1. The van der Waals surface area contributed by atoms with E-state index in [1.165, 1.54) is 18.6 Å². The quantitative estimate of drug-likeness (QED) is 0.854. The summed E-state index contributed by atoms with van der Waals surface area (Å²) in [6, 6.07) is 4.70. The predicted octanol–water partition coefficient (Wildman–Crippen LogP) is 2.35. The number of hydrogen-bond acceptors (Lipinski definition) is 4. The van der Waals surface area contributed by atoms with Crippen molar-refractivity contribution in [2.45, 2.75) is 30.5 Å². The molecule has 1 saturated heterocycles. The number of benzene rings is 1. The summed E-state index contributed by atoms with van der Waals surface area (Å²) in [5, 5.41) is 0. The van der Waals surface area contributed by atoms with Crippen LogP contribution in [-0.2, 0) is 10.0 Å². The van der Waals surface area contributed by atoms with E-state index in [1.54, 1.807) is 0 Å². The second-order valence-corrected chi connectivity index (χ2v) is 7.03. The molecule has 0 radical (unpaired) electrons. The average Bonchev–Trinajstić information content (AvgIpc) is 2.47. The molecule has 0 spiro atoms. The molecule has 1 fully saturated rings. The molecule has 1 heterocycles. The molecule has 1 aromatic rings. The zero-order valence-corrected chi connectivity index (χ0v) is 13.3. The molecule has 0 bridgehead atoms. The standard InChI is InChI=1S/C14H19F3N2O3S/c15-14(16,17)22-12-6-2-3-7-13(12)23(20,21)18-8-11-19-9-4-1-5-10-19/h2-3,6-7,18H,1,4-5,8-11H2. The topological polar surface area (TPSA) is 58.6 Å². The van der Waals surface area contributed by atoms with Gasteiger partial charge in [0.05, 0.1) is 0 Å². The molecular formula is C14H19F3N2O3S. The first-order valence-electron chi connectivity index (χ1n) is 7.35. The first kappa shape index (κ1) is 18.0. The lowest BCUT2D eigenvalue weighted by atomic mass is 10.1. The van der Waals surface area contributed by atoms with Gasteiger partial charge < -0.3 is 9.64 Å². The smallest absolute Gasteiger partial charge is 0.404 e. The van der Waals surface area contributed by atoms with Crippen molar-refractivity contribution in [2.24, 2.45) is 0 Å². The SMILES string of the molecule is O=S(=O)(NCCN1CCCCC1)c1ccccc1OC(F)(F)F. The van der Waals surface area contributed by atoms with E-state index in [9.17, 15) is 21.6 Å². The highest BCUT2D eigenvalue weighted by Gasteiger charge is 2.33. The Morgan fingerprint density at radius 2 is 1.78 bits per heavy atom. The Hall–Kier alpha value is -1.32. The summed E-state index contributed by atoms with van der Waals surface area (Å²) in [5.74, 6) is -0.731. The van der Waals surface area contributed by atoms with Gasteiger partial charge in [-0.3, -0.25) is 0 Å². The van der Waals surface area contributed by atoms with Crippen molar-refractivity contribution >= 4 is 10.0 Å². The van der Waals surface area contributed by atoms with Gasteiger partial charge in [0.15, 0.2) is 0 Å². The highest BCUT2D eigenvalue weighted by Crippen LogP contribution is 2.29. The Balaban J connectivity index is 2.01. The van der Waals surface area contributed by atoms with Crippen LogP contribution in [0.4, 0.5) is 13.2 Å². The fourth-order valence-electron chi connectivity index (χ4n) is 2.48. The van der Waals surface area contributed by atoms with E-state index in [4.69, 9.17) is 0 Å². The Morgan fingerprint density at radius 3 is 2.43 bits per heavy atom. The first-order valence-corrected chi connectivity index (χ1v) is 8.83. The second-order valence-electron chi connectivity index (χ2n) is 5.29. The Morgan fingerprint density at radius 1 is 1.13 bits per heavy atom. The molecule has 1 aliphatic rings. The van der Waals surface area contributed by atoms with E-state index in [0.29, 0.717) is 6.54 Å². The van der Waals surface area contributed by atoms with Crippen molar-refractivity contribution in [3.63, 3.8) is 0 Å². The minimum atomic E-state index is -4.95. The third-order valence-corrected chi connectivity index (χ3v) is 5.03. The summed E-state index contributed by atoms with van der Waals surface area (Å²) >= 11 is 0. The van der Waals surface area contributed by atoms with Crippen LogP contribution in [-0.4, -0.2) is 45.9 Å². The maximum absolute atomic E-state index is 12.4. The average molecular weight is 352 g/mol. The highest BCUT2D eigenvalue weighted by atomic mass is 32.2. The van der Waals surface area contributed by atoms with Crippen molar-refractivity contribution in [1.82, 2.24) is 9.62 Å². The van der Waals surface area contributed by atoms with Gasteiger partial charge in [0.25, 0.3) is 0 Å². The van der Waals surface area contributed by atoms with Gasteiger partial charge in [0, 0.05) is 13.1 Å². The molecular weight excluding hydrogens is 333 g/mol. The number of sulfonamides is 1. The number of likely N-dealkylation sites (tertiary alicyclic amines) is 1. The number of rotatable bonds is 6. The summed E-state index contributed by atoms with van der Waals surface area (Å²) < 4.78 is 67.6. The maximum atomic E-state index is 12.4. The number of halogens is 3. The number of piperidine rings is 1. The van der Waals surface area contributed by atoms with Gasteiger partial charge in [-0.15, -0.1) is 13.2 Å². The summed E-state index contributed by atoms with van der Waals surface area (Å²) in [4.78, 5) is 1.61. The van der Waals surface area contributed by atoms with Crippen LogP contribution in [0.5, 0.6) is 5.75 Å². The largest absolute Gasteiger partial charge is 0.573 e. The lowest BCUT2D eigenvalue weighted by molar-refractivity contribution is -0.275. The third-order valence-electron chi connectivity index (χ3n) is 3.53. The molecule has 1 aromatic carbocycles. The summed E-state index contributed by atoms with van der Waals surface area (Å²) in [6.45, 7) is 2.50. The number of nitrogens with zero attached hydrogens (tertiary/aromatic N) is 1. The van der Waals surface area contributed by atoms with Crippen LogP contribution in [0.15, 0.2) is 29.2 Å². The first-order chi connectivity index (χ1) is 10.8. The molecule has 130 valence electrons. The van der Waals surface area contributed by atoms with Crippen molar-refractivity contribution in [3.8, 4) is 5.75 Å². The fourth-order valence-corrected chi connectivity index (χ4v) is 3.63. The van der Waals surface area contributed by atoms with E-state index in [0.717, 1.165) is 38.1 Å². The van der Waals surface area contributed by atoms with E-state index < -0.39 is 27.0 Å². The Kier molecular flexibility index (Phi) is 5.88. The number of hydrogen-bond donors (Lipinski definition) is 1. The van der Waals surface area contributed by atoms with Crippen molar-refractivity contribution in [3.05, 3.63) is 24.3 Å². The minimum Gasteiger partial charge on any atom is -0.404 e. The molecule has 9 heteroatoms. The van der Waals surface area contributed by atoms with Crippen molar-refractivity contribution in [2.75, 3.05) is 26.2 Å². The fraction of sp³-hybridized carbons (Fsp3) is 0.571. The van der Waals surface area contributed by atoms with Crippen LogP contribution in [0.2, 0.25) is 0 Å². The molecule has 2 rings (SSSR count). The van der Waals surface area contributed by atoms with Crippen LogP contribution >= 0.6 is 0 Å². The predicted molar refractivity (Wildman–Crippen MR) is 78.6 cm³/mol. The highest BCUT2D eigenvalue weighted by molar-refractivity contribution is 7.89. The lowest BCUT2D eigenvalue weighted by Gasteiger charge is -2.26. The summed E-state index contributed by atoms with van der Waals surface area (Å²) in [6.07, 6.45) is -1.62. The van der Waals surface area contributed by atoms with Gasteiger partial charge in [-0.05, 0) is 38.1 Å². The Labute approximate surface area is 133 Å².